The summed E-state index contributed by atoms with van der Waals surface area (Å²) in [6.45, 7) is 1.56. The number of hydrogen-bond donors (Lipinski definition) is 0. The fraction of sp³-hybridized carbons (Fsp3) is 0.857. The van der Waals surface area contributed by atoms with Crippen molar-refractivity contribution in [3.05, 3.63) is 0 Å². The van der Waals surface area contributed by atoms with Crippen molar-refractivity contribution in [3.63, 3.8) is 0 Å². The Morgan fingerprint density at radius 1 is 1.73 bits per heavy atom. The largest absolute Gasteiger partial charge is 0.243 e. The molecule has 1 aliphatic rings. The molecule has 3 nitrogen and oxygen atoms in total. The second kappa shape index (κ2) is 3.84. The third-order valence-electron chi connectivity index (χ3n) is 1.93. The molecule has 1 rings (SSSR count). The first-order valence-electron chi connectivity index (χ1n) is 3.72. The number of rotatable bonds is 1. The van der Waals surface area contributed by atoms with Gasteiger partial charge in [0.05, 0.1) is 23.0 Å². The Kier molecular flexibility index (Phi) is 3.03. The van der Waals surface area contributed by atoms with Crippen LogP contribution < -0.4 is 0 Å². The average molecular weight is 172 g/mol. The lowest BCUT2D eigenvalue weighted by Crippen LogP contribution is -2.35. The minimum absolute atomic E-state index is 0.0904. The zero-order valence-corrected chi connectivity index (χ0v) is 7.43. The highest BCUT2D eigenvalue weighted by Crippen LogP contribution is 2.15. The van der Waals surface area contributed by atoms with Crippen molar-refractivity contribution < 1.29 is 4.21 Å². The molecule has 0 saturated carbocycles. The maximum absolute atomic E-state index is 11.0. The topological polar surface area (TPSA) is 44.1 Å². The van der Waals surface area contributed by atoms with E-state index in [0.29, 0.717) is 6.54 Å². The van der Waals surface area contributed by atoms with E-state index in [1.807, 2.05) is 4.31 Å². The minimum atomic E-state index is -0.892. The summed E-state index contributed by atoms with van der Waals surface area (Å²) in [6.07, 6.45) is 3.63. The number of nitrogens with zero attached hydrogens (tertiary/aromatic N) is 2. The van der Waals surface area contributed by atoms with Crippen molar-refractivity contribution in [2.24, 2.45) is 5.92 Å². The van der Waals surface area contributed by atoms with Gasteiger partial charge >= 0.3 is 0 Å². The molecule has 0 aliphatic carbocycles. The van der Waals surface area contributed by atoms with Gasteiger partial charge in [-0.15, -0.1) is 0 Å². The minimum Gasteiger partial charge on any atom is -0.243 e. The normalized spacial score (nSPS) is 29.3. The highest BCUT2D eigenvalue weighted by Gasteiger charge is 2.20. The first-order valence-corrected chi connectivity index (χ1v) is 5.23. The van der Waals surface area contributed by atoms with Gasteiger partial charge in [0.2, 0.25) is 0 Å². The summed E-state index contributed by atoms with van der Waals surface area (Å²) in [5, 5.41) is 8.61. The van der Waals surface area contributed by atoms with Gasteiger partial charge in [-0.25, -0.2) is 8.51 Å². The second-order valence-corrected chi connectivity index (χ2v) is 4.14. The maximum atomic E-state index is 11.0. The second-order valence-electron chi connectivity index (χ2n) is 2.78. The van der Waals surface area contributed by atoms with Crippen LogP contribution in [0.3, 0.4) is 0 Å². The van der Waals surface area contributed by atoms with E-state index in [4.69, 9.17) is 5.26 Å². The Bertz CT molecular complexity index is 199. The molecule has 1 aliphatic heterocycles. The van der Waals surface area contributed by atoms with Crippen LogP contribution in [-0.4, -0.2) is 27.9 Å². The van der Waals surface area contributed by atoms with Crippen molar-refractivity contribution in [1.82, 2.24) is 4.31 Å². The lowest BCUT2D eigenvalue weighted by molar-refractivity contribution is 0.320. The van der Waals surface area contributed by atoms with Gasteiger partial charge < -0.3 is 0 Å². The SMILES string of the molecule is CS(=O)N1CCC[C@H](C#N)C1. The van der Waals surface area contributed by atoms with Gasteiger partial charge in [-0.2, -0.15) is 5.26 Å². The lowest BCUT2D eigenvalue weighted by Gasteiger charge is -2.26. The van der Waals surface area contributed by atoms with Gasteiger partial charge in [-0.3, -0.25) is 0 Å². The molecule has 0 bridgehead atoms. The van der Waals surface area contributed by atoms with Crippen LogP contribution in [0, 0.1) is 17.2 Å². The van der Waals surface area contributed by atoms with Gasteiger partial charge in [0.1, 0.15) is 0 Å². The van der Waals surface area contributed by atoms with Crippen LogP contribution in [0.1, 0.15) is 12.8 Å². The molecule has 0 radical (unpaired) electrons. The summed E-state index contributed by atoms with van der Waals surface area (Å²) >= 11 is 0. The molecule has 0 aromatic heterocycles. The molecule has 0 N–H and O–H groups in total. The first-order chi connectivity index (χ1) is 5.24. The number of hydrogen-bond acceptors (Lipinski definition) is 2. The van der Waals surface area contributed by atoms with Gasteiger partial charge in [-0.1, -0.05) is 0 Å². The molecular formula is C7H12N2OS. The fourth-order valence-electron chi connectivity index (χ4n) is 1.28. The van der Waals surface area contributed by atoms with E-state index in [1.54, 1.807) is 6.26 Å². The van der Waals surface area contributed by atoms with Crippen LogP contribution >= 0.6 is 0 Å². The predicted octanol–water partition coefficient (Wildman–Crippen LogP) is 0.515. The molecule has 11 heavy (non-hydrogen) atoms. The zero-order chi connectivity index (χ0) is 8.27. The Balaban J connectivity index is 2.47. The van der Waals surface area contributed by atoms with Crippen molar-refractivity contribution in [1.29, 1.82) is 5.26 Å². The summed E-state index contributed by atoms with van der Waals surface area (Å²) in [4.78, 5) is 0. The fourth-order valence-corrected chi connectivity index (χ4v) is 2.06. The molecule has 4 heteroatoms. The smallest absolute Gasteiger partial charge is 0.0911 e. The molecule has 0 amide bonds. The molecule has 62 valence electrons. The Hall–Kier alpha value is -0.400. The monoisotopic (exact) mass is 172 g/mol. The van der Waals surface area contributed by atoms with E-state index < -0.39 is 11.0 Å². The van der Waals surface area contributed by atoms with Crippen LogP contribution in [0.25, 0.3) is 0 Å². The molecule has 0 aromatic rings. The van der Waals surface area contributed by atoms with Gasteiger partial charge in [0, 0.05) is 19.3 Å². The van der Waals surface area contributed by atoms with E-state index in [2.05, 4.69) is 6.07 Å². The van der Waals surface area contributed by atoms with Crippen molar-refractivity contribution in [2.75, 3.05) is 19.3 Å². The Labute approximate surface area is 69.6 Å². The van der Waals surface area contributed by atoms with Crippen molar-refractivity contribution in [2.45, 2.75) is 12.8 Å². The molecular weight excluding hydrogens is 160 g/mol. The first kappa shape index (κ1) is 8.69. The standard InChI is InChI=1S/C7H12N2OS/c1-11(10)9-4-2-3-7(5-8)6-9/h7H,2-4,6H2,1H3/t7-,11?/m1/s1. The predicted molar refractivity (Wildman–Crippen MR) is 44.0 cm³/mol. The number of piperidine rings is 1. The highest BCUT2D eigenvalue weighted by atomic mass is 32.2. The third kappa shape index (κ3) is 2.28. The van der Waals surface area contributed by atoms with Gasteiger partial charge in [0.15, 0.2) is 0 Å². The van der Waals surface area contributed by atoms with E-state index in [9.17, 15) is 4.21 Å². The summed E-state index contributed by atoms with van der Waals surface area (Å²) in [5.74, 6) is 0.0904. The number of nitriles is 1. The molecule has 1 saturated heterocycles. The van der Waals surface area contributed by atoms with E-state index in [0.717, 1.165) is 19.4 Å². The quantitative estimate of drug-likeness (QED) is 0.578. The van der Waals surface area contributed by atoms with E-state index >= 15 is 0 Å². The summed E-state index contributed by atoms with van der Waals surface area (Å²) in [6, 6.07) is 2.21. The lowest BCUT2D eigenvalue weighted by atomic mass is 10.0. The van der Waals surface area contributed by atoms with Crippen molar-refractivity contribution in [3.8, 4) is 6.07 Å². The van der Waals surface area contributed by atoms with Gasteiger partial charge in [-0.05, 0) is 12.8 Å². The van der Waals surface area contributed by atoms with Crippen LogP contribution in [0.2, 0.25) is 0 Å². The van der Waals surface area contributed by atoms with Gasteiger partial charge in [0.25, 0.3) is 0 Å². The van der Waals surface area contributed by atoms with E-state index in [-0.39, 0.29) is 5.92 Å². The van der Waals surface area contributed by atoms with Crippen molar-refractivity contribution >= 4 is 11.0 Å². The molecule has 1 unspecified atom stereocenters. The van der Waals surface area contributed by atoms with Crippen LogP contribution in [-0.2, 0) is 11.0 Å². The Morgan fingerprint density at radius 3 is 3.00 bits per heavy atom. The van der Waals surface area contributed by atoms with Crippen LogP contribution in [0.4, 0.5) is 0 Å². The van der Waals surface area contributed by atoms with Crippen LogP contribution in [0.15, 0.2) is 0 Å². The average Bonchev–Trinajstić information content (AvgIpc) is 2.05. The molecule has 1 fully saturated rings. The molecule has 1 heterocycles. The Morgan fingerprint density at radius 2 is 2.45 bits per heavy atom. The summed E-state index contributed by atoms with van der Waals surface area (Å²) in [7, 11) is -0.892. The van der Waals surface area contributed by atoms with E-state index in [1.165, 1.54) is 0 Å². The molecule has 2 atom stereocenters. The third-order valence-corrected chi connectivity index (χ3v) is 2.99. The van der Waals surface area contributed by atoms with Crippen LogP contribution in [0.5, 0.6) is 0 Å². The highest BCUT2D eigenvalue weighted by molar-refractivity contribution is 7.81. The molecule has 0 spiro atoms. The zero-order valence-electron chi connectivity index (χ0n) is 6.62. The summed E-state index contributed by atoms with van der Waals surface area (Å²) < 4.78 is 12.8. The molecule has 0 aromatic carbocycles. The summed E-state index contributed by atoms with van der Waals surface area (Å²) in [5.41, 5.74) is 0. The maximum Gasteiger partial charge on any atom is 0.0911 e.